The fourth-order valence-electron chi connectivity index (χ4n) is 4.67. The van der Waals surface area contributed by atoms with E-state index in [0.717, 1.165) is 19.3 Å². The van der Waals surface area contributed by atoms with Gasteiger partial charge in [-0.2, -0.15) is 0 Å². The second-order valence-corrected chi connectivity index (χ2v) is 8.32. The standard InChI is InChI=1S/C21H32N2O/c1-15(2)10-11-18(20(22)24)19-17-9-5-4-8-16(17)14-21(23-19)12-6-3-7-13-21/h4-5,8-9,15,18-19,23H,3,6-7,10-14H2,1-2H3,(H2,22,24)/t18-,19+/m1/s1. The van der Waals surface area contributed by atoms with Gasteiger partial charge in [-0.15, -0.1) is 0 Å². The van der Waals surface area contributed by atoms with Crippen LogP contribution in [0.2, 0.25) is 0 Å². The van der Waals surface area contributed by atoms with E-state index in [1.165, 1.54) is 43.2 Å². The summed E-state index contributed by atoms with van der Waals surface area (Å²) in [6.07, 6.45) is 9.35. The minimum atomic E-state index is -0.157. The summed E-state index contributed by atoms with van der Waals surface area (Å²) in [5.74, 6) is 0.317. The molecular weight excluding hydrogens is 296 g/mol. The van der Waals surface area contributed by atoms with Crippen LogP contribution in [-0.4, -0.2) is 11.4 Å². The van der Waals surface area contributed by atoms with Crippen molar-refractivity contribution in [2.45, 2.75) is 76.8 Å². The lowest BCUT2D eigenvalue weighted by molar-refractivity contribution is -0.123. The number of hydrogen-bond acceptors (Lipinski definition) is 2. The summed E-state index contributed by atoms with van der Waals surface area (Å²) in [7, 11) is 0. The fraction of sp³-hybridized carbons (Fsp3) is 0.667. The molecule has 1 fully saturated rings. The maximum Gasteiger partial charge on any atom is 0.222 e. The Morgan fingerprint density at radius 3 is 2.58 bits per heavy atom. The molecule has 0 saturated heterocycles. The van der Waals surface area contributed by atoms with Gasteiger partial charge in [0, 0.05) is 11.6 Å². The molecule has 3 nitrogen and oxygen atoms in total. The number of amides is 1. The molecule has 1 spiro atoms. The molecule has 0 bridgehead atoms. The van der Waals surface area contributed by atoms with Crippen molar-refractivity contribution in [2.75, 3.05) is 0 Å². The van der Waals surface area contributed by atoms with Crippen LogP contribution in [0.15, 0.2) is 24.3 Å². The van der Waals surface area contributed by atoms with Gasteiger partial charge in [0.25, 0.3) is 0 Å². The van der Waals surface area contributed by atoms with Gasteiger partial charge in [-0.3, -0.25) is 4.79 Å². The van der Waals surface area contributed by atoms with Crippen molar-refractivity contribution in [3.05, 3.63) is 35.4 Å². The summed E-state index contributed by atoms with van der Waals surface area (Å²) in [5.41, 5.74) is 8.73. The van der Waals surface area contributed by atoms with E-state index in [9.17, 15) is 4.79 Å². The van der Waals surface area contributed by atoms with Crippen molar-refractivity contribution in [1.29, 1.82) is 0 Å². The van der Waals surface area contributed by atoms with Crippen LogP contribution in [0.3, 0.4) is 0 Å². The number of nitrogens with two attached hydrogens (primary N) is 1. The monoisotopic (exact) mass is 328 g/mol. The smallest absolute Gasteiger partial charge is 0.222 e. The number of hydrogen-bond donors (Lipinski definition) is 2. The first-order chi connectivity index (χ1) is 11.5. The normalized spacial score (nSPS) is 23.9. The molecule has 24 heavy (non-hydrogen) atoms. The van der Waals surface area contributed by atoms with Crippen LogP contribution in [0, 0.1) is 11.8 Å². The highest BCUT2D eigenvalue weighted by atomic mass is 16.1. The summed E-state index contributed by atoms with van der Waals surface area (Å²) in [4.78, 5) is 12.3. The van der Waals surface area contributed by atoms with Gasteiger partial charge in [0.1, 0.15) is 0 Å². The van der Waals surface area contributed by atoms with Crippen molar-refractivity contribution >= 4 is 5.91 Å². The Bertz CT molecular complexity index is 575. The molecule has 0 radical (unpaired) electrons. The maximum atomic E-state index is 12.3. The van der Waals surface area contributed by atoms with Crippen LogP contribution in [0.25, 0.3) is 0 Å². The molecule has 3 heteroatoms. The van der Waals surface area contributed by atoms with Crippen LogP contribution < -0.4 is 11.1 Å². The Labute approximate surface area is 146 Å². The topological polar surface area (TPSA) is 55.1 Å². The average molecular weight is 328 g/mol. The van der Waals surface area contributed by atoms with E-state index in [-0.39, 0.29) is 23.4 Å². The molecule has 132 valence electrons. The van der Waals surface area contributed by atoms with Crippen LogP contribution in [0.4, 0.5) is 0 Å². The minimum Gasteiger partial charge on any atom is -0.369 e. The van der Waals surface area contributed by atoms with Crippen molar-refractivity contribution in [3.63, 3.8) is 0 Å². The Morgan fingerprint density at radius 2 is 1.92 bits per heavy atom. The molecule has 1 saturated carbocycles. The van der Waals surface area contributed by atoms with E-state index in [0.29, 0.717) is 5.92 Å². The van der Waals surface area contributed by atoms with Crippen LogP contribution >= 0.6 is 0 Å². The van der Waals surface area contributed by atoms with E-state index in [1.54, 1.807) is 0 Å². The Balaban J connectivity index is 1.92. The SMILES string of the molecule is CC(C)CC[C@@H](C(N)=O)[C@H]1NC2(CCCCC2)Cc2ccccc21. The molecule has 1 aromatic carbocycles. The molecule has 1 aliphatic carbocycles. The lowest BCUT2D eigenvalue weighted by Gasteiger charge is -2.47. The second-order valence-electron chi connectivity index (χ2n) is 8.32. The van der Waals surface area contributed by atoms with E-state index < -0.39 is 0 Å². The van der Waals surface area contributed by atoms with E-state index in [4.69, 9.17) is 5.73 Å². The molecule has 1 amide bonds. The van der Waals surface area contributed by atoms with Gasteiger partial charge in [0.05, 0.1) is 5.92 Å². The highest BCUT2D eigenvalue weighted by Gasteiger charge is 2.42. The quantitative estimate of drug-likeness (QED) is 0.854. The molecule has 0 aromatic heterocycles. The van der Waals surface area contributed by atoms with Crippen molar-refractivity contribution in [2.24, 2.45) is 17.6 Å². The predicted octanol–water partition coefficient (Wildman–Crippen LogP) is 4.11. The predicted molar refractivity (Wildman–Crippen MR) is 98.6 cm³/mol. The van der Waals surface area contributed by atoms with E-state index >= 15 is 0 Å². The molecule has 1 heterocycles. The Hall–Kier alpha value is -1.35. The first kappa shape index (κ1) is 17.5. The van der Waals surface area contributed by atoms with Gasteiger partial charge in [0.2, 0.25) is 5.91 Å². The molecule has 2 aliphatic rings. The third-order valence-electron chi connectivity index (χ3n) is 6.01. The highest BCUT2D eigenvalue weighted by molar-refractivity contribution is 5.78. The molecule has 0 unspecified atom stereocenters. The zero-order valence-electron chi connectivity index (χ0n) is 15.2. The third kappa shape index (κ3) is 3.66. The molecular formula is C21H32N2O. The first-order valence-electron chi connectivity index (χ1n) is 9.65. The number of rotatable bonds is 5. The molecule has 3 rings (SSSR count). The summed E-state index contributed by atoms with van der Waals surface area (Å²) in [5, 5.41) is 3.93. The largest absolute Gasteiger partial charge is 0.369 e. The molecule has 1 aromatic rings. The summed E-state index contributed by atoms with van der Waals surface area (Å²) in [6.45, 7) is 4.42. The molecule has 3 N–H and O–H groups in total. The summed E-state index contributed by atoms with van der Waals surface area (Å²) < 4.78 is 0. The second kappa shape index (κ2) is 7.26. The van der Waals surface area contributed by atoms with Gasteiger partial charge in [-0.05, 0) is 42.7 Å². The minimum absolute atomic E-state index is 0.0734. The number of primary amides is 1. The van der Waals surface area contributed by atoms with Crippen LogP contribution in [-0.2, 0) is 11.2 Å². The molecule has 1 aliphatic heterocycles. The number of nitrogens with one attached hydrogen (secondary N) is 1. The van der Waals surface area contributed by atoms with Gasteiger partial charge in [-0.1, -0.05) is 63.8 Å². The fourth-order valence-corrected chi connectivity index (χ4v) is 4.67. The number of carbonyl (C=O) groups excluding carboxylic acids is 1. The third-order valence-corrected chi connectivity index (χ3v) is 6.01. The van der Waals surface area contributed by atoms with Gasteiger partial charge >= 0.3 is 0 Å². The number of benzene rings is 1. The maximum absolute atomic E-state index is 12.3. The van der Waals surface area contributed by atoms with Gasteiger partial charge in [-0.25, -0.2) is 0 Å². The van der Waals surface area contributed by atoms with Crippen LogP contribution in [0.5, 0.6) is 0 Å². The number of fused-ring (bicyclic) bond motifs is 1. The lowest BCUT2D eigenvalue weighted by atomic mass is 9.70. The lowest BCUT2D eigenvalue weighted by Crippen LogP contribution is -2.56. The van der Waals surface area contributed by atoms with Crippen LogP contribution in [0.1, 0.15) is 76.0 Å². The van der Waals surface area contributed by atoms with Crippen molar-refractivity contribution in [1.82, 2.24) is 5.32 Å². The van der Waals surface area contributed by atoms with Crippen molar-refractivity contribution < 1.29 is 4.79 Å². The Kier molecular flexibility index (Phi) is 5.29. The van der Waals surface area contributed by atoms with Gasteiger partial charge < -0.3 is 11.1 Å². The summed E-state index contributed by atoms with van der Waals surface area (Å²) >= 11 is 0. The number of carbonyl (C=O) groups is 1. The van der Waals surface area contributed by atoms with E-state index in [2.05, 4.69) is 43.4 Å². The van der Waals surface area contributed by atoms with Gasteiger partial charge in [0.15, 0.2) is 0 Å². The zero-order chi connectivity index (χ0) is 17.2. The molecule has 2 atom stereocenters. The zero-order valence-corrected chi connectivity index (χ0v) is 15.2. The average Bonchev–Trinajstić information content (AvgIpc) is 2.55. The first-order valence-corrected chi connectivity index (χ1v) is 9.65. The van der Waals surface area contributed by atoms with Crippen molar-refractivity contribution in [3.8, 4) is 0 Å². The Morgan fingerprint density at radius 1 is 1.21 bits per heavy atom. The summed E-state index contributed by atoms with van der Waals surface area (Å²) in [6, 6.07) is 8.73. The van der Waals surface area contributed by atoms with E-state index in [1.807, 2.05) is 0 Å². The highest BCUT2D eigenvalue weighted by Crippen LogP contribution is 2.42.